The van der Waals surface area contributed by atoms with Crippen LogP contribution in [0.15, 0.2) is 66.9 Å². The first-order valence-corrected chi connectivity index (χ1v) is 11.5. The molecule has 1 aromatic heterocycles. The number of nitrogens with one attached hydrogen (secondary N) is 1. The summed E-state index contributed by atoms with van der Waals surface area (Å²) in [5, 5.41) is 3.58. The Morgan fingerprint density at radius 2 is 1.82 bits per heavy atom. The van der Waals surface area contributed by atoms with Gasteiger partial charge in [-0.3, -0.25) is 14.6 Å². The number of pyridine rings is 1. The SMILES string of the molecule is CC(=O)N(CC1CC1)c1ccc(-c2ccc(C(=O)NC(C)(C)c3ccccc3)cn2)cc1Cl. The fourth-order valence-corrected chi connectivity index (χ4v) is 4.10. The van der Waals surface area contributed by atoms with Crippen molar-refractivity contribution in [2.75, 3.05) is 11.4 Å². The first-order chi connectivity index (χ1) is 15.7. The second-order valence-corrected chi connectivity index (χ2v) is 9.52. The molecule has 0 aliphatic heterocycles. The Hall–Kier alpha value is -3.18. The van der Waals surface area contributed by atoms with Gasteiger partial charge in [-0.05, 0) is 62.4 Å². The van der Waals surface area contributed by atoms with Gasteiger partial charge in [0, 0.05) is 25.2 Å². The summed E-state index contributed by atoms with van der Waals surface area (Å²) in [6.07, 6.45) is 3.89. The van der Waals surface area contributed by atoms with Crippen molar-refractivity contribution in [1.82, 2.24) is 10.3 Å². The van der Waals surface area contributed by atoms with Crippen LogP contribution in [0, 0.1) is 5.92 Å². The van der Waals surface area contributed by atoms with Crippen LogP contribution in [0.25, 0.3) is 11.3 Å². The van der Waals surface area contributed by atoms with Gasteiger partial charge in [0.1, 0.15) is 0 Å². The molecule has 4 rings (SSSR count). The van der Waals surface area contributed by atoms with Crippen molar-refractivity contribution in [3.8, 4) is 11.3 Å². The van der Waals surface area contributed by atoms with Crippen molar-refractivity contribution < 1.29 is 9.59 Å². The van der Waals surface area contributed by atoms with E-state index in [-0.39, 0.29) is 11.8 Å². The van der Waals surface area contributed by atoms with Gasteiger partial charge in [0.25, 0.3) is 5.91 Å². The van der Waals surface area contributed by atoms with Gasteiger partial charge in [-0.25, -0.2) is 0 Å². The van der Waals surface area contributed by atoms with E-state index < -0.39 is 5.54 Å². The Kier molecular flexibility index (Phi) is 6.52. The molecule has 1 aliphatic rings. The maximum atomic E-state index is 12.8. The van der Waals surface area contributed by atoms with E-state index in [0.29, 0.717) is 28.7 Å². The smallest absolute Gasteiger partial charge is 0.253 e. The molecule has 1 N–H and O–H groups in total. The molecule has 1 saturated carbocycles. The van der Waals surface area contributed by atoms with Crippen LogP contribution >= 0.6 is 11.6 Å². The number of nitrogens with zero attached hydrogens (tertiary/aromatic N) is 2. The third kappa shape index (κ3) is 5.42. The zero-order chi connectivity index (χ0) is 23.6. The minimum Gasteiger partial charge on any atom is -0.343 e. The summed E-state index contributed by atoms with van der Waals surface area (Å²) >= 11 is 6.55. The number of benzene rings is 2. The highest BCUT2D eigenvalue weighted by atomic mass is 35.5. The first kappa shape index (κ1) is 23.0. The average Bonchev–Trinajstić information content (AvgIpc) is 3.62. The Bertz CT molecular complexity index is 1160. The van der Waals surface area contributed by atoms with Crippen molar-refractivity contribution in [2.45, 2.75) is 39.2 Å². The monoisotopic (exact) mass is 461 g/mol. The van der Waals surface area contributed by atoms with Crippen LogP contribution in [0.2, 0.25) is 5.02 Å². The molecule has 0 radical (unpaired) electrons. The van der Waals surface area contributed by atoms with E-state index in [1.807, 2.05) is 68.4 Å². The van der Waals surface area contributed by atoms with Gasteiger partial charge in [0.15, 0.2) is 0 Å². The summed E-state index contributed by atoms with van der Waals surface area (Å²) in [4.78, 5) is 31.2. The van der Waals surface area contributed by atoms with Crippen molar-refractivity contribution >= 4 is 29.1 Å². The van der Waals surface area contributed by atoms with Gasteiger partial charge in [0.05, 0.1) is 27.5 Å². The number of halogens is 1. The van der Waals surface area contributed by atoms with Crippen LogP contribution in [-0.2, 0) is 10.3 Å². The Morgan fingerprint density at radius 3 is 2.39 bits per heavy atom. The lowest BCUT2D eigenvalue weighted by atomic mass is 9.94. The van der Waals surface area contributed by atoms with E-state index in [2.05, 4.69) is 10.3 Å². The Labute approximate surface area is 199 Å². The number of carbonyl (C=O) groups is 2. The zero-order valence-electron chi connectivity index (χ0n) is 19.1. The summed E-state index contributed by atoms with van der Waals surface area (Å²) in [5.74, 6) is 0.369. The normalized spacial score (nSPS) is 13.5. The Morgan fingerprint density at radius 1 is 1.09 bits per heavy atom. The molecule has 33 heavy (non-hydrogen) atoms. The quantitative estimate of drug-likeness (QED) is 0.481. The molecular formula is C27H28ClN3O2. The molecule has 6 heteroatoms. The molecule has 3 aromatic rings. The van der Waals surface area contributed by atoms with E-state index in [1.54, 1.807) is 24.1 Å². The molecule has 0 spiro atoms. The second-order valence-electron chi connectivity index (χ2n) is 9.12. The van der Waals surface area contributed by atoms with E-state index in [0.717, 1.165) is 29.7 Å². The van der Waals surface area contributed by atoms with Gasteiger partial charge in [-0.1, -0.05) is 48.0 Å². The van der Waals surface area contributed by atoms with Gasteiger partial charge >= 0.3 is 0 Å². The van der Waals surface area contributed by atoms with Crippen molar-refractivity contribution in [3.63, 3.8) is 0 Å². The van der Waals surface area contributed by atoms with E-state index in [4.69, 9.17) is 11.6 Å². The molecule has 170 valence electrons. The summed E-state index contributed by atoms with van der Waals surface area (Å²) < 4.78 is 0. The number of amides is 2. The number of hydrogen-bond acceptors (Lipinski definition) is 3. The van der Waals surface area contributed by atoms with Gasteiger partial charge in [-0.2, -0.15) is 0 Å². The number of hydrogen-bond donors (Lipinski definition) is 1. The minimum atomic E-state index is -0.510. The lowest BCUT2D eigenvalue weighted by Crippen LogP contribution is -2.41. The van der Waals surface area contributed by atoms with E-state index in [1.165, 1.54) is 0 Å². The van der Waals surface area contributed by atoms with Crippen molar-refractivity contribution in [1.29, 1.82) is 0 Å². The standard InChI is InChI=1S/C27H28ClN3O2/c1-18(32)31(17-19-9-10-19)25-14-12-20(15-23(25)28)24-13-11-21(16-29-24)26(33)30-27(2,3)22-7-5-4-6-8-22/h4-8,11-16,19H,9-10,17H2,1-3H3,(H,30,33). The van der Waals surface area contributed by atoms with E-state index >= 15 is 0 Å². The molecule has 0 atom stereocenters. The highest BCUT2D eigenvalue weighted by molar-refractivity contribution is 6.34. The van der Waals surface area contributed by atoms with E-state index in [9.17, 15) is 9.59 Å². The number of carbonyl (C=O) groups excluding carboxylic acids is 2. The largest absolute Gasteiger partial charge is 0.343 e. The molecule has 1 heterocycles. The van der Waals surface area contributed by atoms with Crippen LogP contribution in [0.3, 0.4) is 0 Å². The predicted molar refractivity (Wildman–Crippen MR) is 132 cm³/mol. The Balaban J connectivity index is 1.49. The summed E-state index contributed by atoms with van der Waals surface area (Å²) in [6.45, 7) is 6.21. The first-order valence-electron chi connectivity index (χ1n) is 11.2. The molecule has 1 fully saturated rings. The highest BCUT2D eigenvalue weighted by Gasteiger charge is 2.27. The lowest BCUT2D eigenvalue weighted by molar-refractivity contribution is -0.116. The molecule has 1 aliphatic carbocycles. The van der Waals surface area contributed by atoms with Crippen molar-refractivity contribution in [2.24, 2.45) is 5.92 Å². The fourth-order valence-electron chi connectivity index (χ4n) is 3.82. The van der Waals surface area contributed by atoms with Crippen LogP contribution in [0.4, 0.5) is 5.69 Å². The minimum absolute atomic E-state index is 0.0107. The average molecular weight is 462 g/mol. The topological polar surface area (TPSA) is 62.3 Å². The van der Waals surface area contributed by atoms with Gasteiger partial charge in [-0.15, -0.1) is 0 Å². The zero-order valence-corrected chi connectivity index (χ0v) is 19.9. The molecule has 2 aromatic carbocycles. The van der Waals surface area contributed by atoms with Gasteiger partial charge in [0.2, 0.25) is 5.91 Å². The molecule has 0 bridgehead atoms. The predicted octanol–water partition coefficient (Wildman–Crippen LogP) is 5.83. The summed E-state index contributed by atoms with van der Waals surface area (Å²) in [5.41, 5.74) is 3.26. The summed E-state index contributed by atoms with van der Waals surface area (Å²) in [6, 6.07) is 19.0. The number of anilines is 1. The molecule has 5 nitrogen and oxygen atoms in total. The third-order valence-electron chi connectivity index (χ3n) is 6.00. The highest BCUT2D eigenvalue weighted by Crippen LogP contribution is 2.35. The maximum absolute atomic E-state index is 12.8. The molecule has 0 unspecified atom stereocenters. The van der Waals surface area contributed by atoms with Crippen LogP contribution in [-0.4, -0.2) is 23.3 Å². The number of aromatic nitrogens is 1. The third-order valence-corrected chi connectivity index (χ3v) is 6.30. The molecule has 2 amide bonds. The van der Waals surface area contributed by atoms with Crippen LogP contribution < -0.4 is 10.2 Å². The maximum Gasteiger partial charge on any atom is 0.253 e. The van der Waals surface area contributed by atoms with Gasteiger partial charge < -0.3 is 10.2 Å². The van der Waals surface area contributed by atoms with Crippen molar-refractivity contribution in [3.05, 3.63) is 83.0 Å². The lowest BCUT2D eigenvalue weighted by Gasteiger charge is -2.27. The van der Waals surface area contributed by atoms with Crippen LogP contribution in [0.1, 0.15) is 49.5 Å². The summed E-state index contributed by atoms with van der Waals surface area (Å²) in [7, 11) is 0. The van der Waals surface area contributed by atoms with Crippen LogP contribution in [0.5, 0.6) is 0 Å². The number of rotatable bonds is 7. The fraction of sp³-hybridized carbons (Fsp3) is 0.296. The molecular weight excluding hydrogens is 434 g/mol. The second kappa shape index (κ2) is 9.36. The molecule has 0 saturated heterocycles.